The van der Waals surface area contributed by atoms with Crippen LogP contribution in [0.4, 0.5) is 0 Å². The summed E-state index contributed by atoms with van der Waals surface area (Å²) in [5.74, 6) is 1.01. The number of likely N-dealkylation sites (N-methyl/N-ethyl adjacent to an activating group) is 1. The molecule has 0 aromatic carbocycles. The van der Waals surface area contributed by atoms with Gasteiger partial charge in [-0.25, -0.2) is 0 Å². The van der Waals surface area contributed by atoms with Gasteiger partial charge in [-0.3, -0.25) is 0 Å². The van der Waals surface area contributed by atoms with Crippen molar-refractivity contribution in [3.8, 4) is 0 Å². The van der Waals surface area contributed by atoms with Gasteiger partial charge in [-0.2, -0.15) is 0 Å². The van der Waals surface area contributed by atoms with Gasteiger partial charge in [0.1, 0.15) is 0 Å². The van der Waals surface area contributed by atoms with Crippen molar-refractivity contribution in [1.82, 2.24) is 10.2 Å². The first kappa shape index (κ1) is 6.62. The minimum atomic E-state index is 0.855. The highest BCUT2D eigenvalue weighted by atomic mass is 15.2. The normalized spacial score (nSPS) is 41.7. The van der Waals surface area contributed by atoms with Crippen molar-refractivity contribution < 1.29 is 0 Å². The van der Waals surface area contributed by atoms with E-state index in [-0.39, 0.29) is 0 Å². The molecule has 10 heavy (non-hydrogen) atoms. The smallest absolute Gasteiger partial charge is 0.0246 e. The molecular weight excluding hydrogens is 124 g/mol. The van der Waals surface area contributed by atoms with E-state index in [9.17, 15) is 0 Å². The standard InChI is InChI=1S/C8H16N2/c1-10-5-3-7-2-4-9-6-8(7)10/h7-9H,2-6H2,1H3/t7-,8+/m1/s1. The second-order valence-corrected chi connectivity index (χ2v) is 3.59. The van der Waals surface area contributed by atoms with Crippen molar-refractivity contribution >= 4 is 0 Å². The Labute approximate surface area is 62.6 Å². The van der Waals surface area contributed by atoms with Gasteiger partial charge >= 0.3 is 0 Å². The third-order valence-corrected chi connectivity index (χ3v) is 3.01. The third-order valence-electron chi connectivity index (χ3n) is 3.01. The van der Waals surface area contributed by atoms with Crippen molar-refractivity contribution in [2.75, 3.05) is 26.7 Å². The Morgan fingerprint density at radius 1 is 1.40 bits per heavy atom. The van der Waals surface area contributed by atoms with Crippen molar-refractivity contribution in [1.29, 1.82) is 0 Å². The number of nitrogens with one attached hydrogen (secondary N) is 1. The fourth-order valence-corrected chi connectivity index (χ4v) is 2.28. The molecule has 0 bridgehead atoms. The minimum Gasteiger partial charge on any atom is -0.315 e. The third kappa shape index (κ3) is 0.956. The summed E-state index contributed by atoms with van der Waals surface area (Å²) < 4.78 is 0. The van der Waals surface area contributed by atoms with Crippen LogP contribution < -0.4 is 5.32 Å². The second kappa shape index (κ2) is 2.51. The van der Waals surface area contributed by atoms with Gasteiger partial charge in [-0.15, -0.1) is 0 Å². The van der Waals surface area contributed by atoms with E-state index in [0.29, 0.717) is 0 Å². The van der Waals surface area contributed by atoms with E-state index < -0.39 is 0 Å². The van der Waals surface area contributed by atoms with Crippen LogP contribution >= 0.6 is 0 Å². The summed E-state index contributed by atoms with van der Waals surface area (Å²) in [6, 6.07) is 0.855. The molecule has 1 N–H and O–H groups in total. The fourth-order valence-electron chi connectivity index (χ4n) is 2.28. The summed E-state index contributed by atoms with van der Waals surface area (Å²) in [6.07, 6.45) is 2.83. The molecule has 2 atom stereocenters. The van der Waals surface area contributed by atoms with Crippen LogP contribution in [-0.4, -0.2) is 37.6 Å². The Morgan fingerprint density at radius 2 is 2.30 bits per heavy atom. The van der Waals surface area contributed by atoms with E-state index >= 15 is 0 Å². The fraction of sp³-hybridized carbons (Fsp3) is 1.00. The molecule has 0 radical (unpaired) electrons. The van der Waals surface area contributed by atoms with Crippen molar-refractivity contribution in [3.05, 3.63) is 0 Å². The molecule has 2 heteroatoms. The molecule has 2 aliphatic rings. The quantitative estimate of drug-likeness (QED) is 0.520. The lowest BCUT2D eigenvalue weighted by Crippen LogP contribution is -2.44. The summed E-state index contributed by atoms with van der Waals surface area (Å²) >= 11 is 0. The monoisotopic (exact) mass is 140 g/mol. The second-order valence-electron chi connectivity index (χ2n) is 3.59. The molecule has 2 heterocycles. The maximum Gasteiger partial charge on any atom is 0.0246 e. The SMILES string of the molecule is CN1CC[C@H]2CCNC[C@@H]21. The van der Waals surface area contributed by atoms with Crippen LogP contribution in [-0.2, 0) is 0 Å². The molecule has 2 fully saturated rings. The molecule has 0 amide bonds. The molecule has 2 nitrogen and oxygen atoms in total. The molecule has 0 aromatic rings. The molecule has 2 aliphatic heterocycles. The molecule has 0 unspecified atom stereocenters. The van der Waals surface area contributed by atoms with Crippen LogP contribution in [0.25, 0.3) is 0 Å². The van der Waals surface area contributed by atoms with Gasteiger partial charge in [0.2, 0.25) is 0 Å². The first-order valence-corrected chi connectivity index (χ1v) is 4.29. The topological polar surface area (TPSA) is 15.3 Å². The summed E-state index contributed by atoms with van der Waals surface area (Å²) in [6.45, 7) is 3.78. The van der Waals surface area contributed by atoms with Gasteiger partial charge in [-0.1, -0.05) is 0 Å². The predicted molar refractivity (Wildman–Crippen MR) is 42.0 cm³/mol. The zero-order chi connectivity index (χ0) is 6.97. The molecule has 0 spiro atoms. The number of piperidine rings is 1. The van der Waals surface area contributed by atoms with Gasteiger partial charge in [-0.05, 0) is 38.9 Å². The Kier molecular flexibility index (Phi) is 1.66. The van der Waals surface area contributed by atoms with E-state index in [1.54, 1.807) is 0 Å². The minimum absolute atomic E-state index is 0.855. The zero-order valence-corrected chi connectivity index (χ0v) is 6.64. The van der Waals surface area contributed by atoms with Crippen LogP contribution in [0.15, 0.2) is 0 Å². The molecule has 2 rings (SSSR count). The lowest BCUT2D eigenvalue weighted by atomic mass is 9.94. The van der Waals surface area contributed by atoms with Crippen molar-refractivity contribution in [2.45, 2.75) is 18.9 Å². The number of nitrogens with zero attached hydrogens (tertiary/aromatic N) is 1. The van der Waals surface area contributed by atoms with Gasteiger partial charge in [0, 0.05) is 12.6 Å². The van der Waals surface area contributed by atoms with Crippen LogP contribution in [0.2, 0.25) is 0 Å². The van der Waals surface area contributed by atoms with E-state index in [4.69, 9.17) is 0 Å². The summed E-state index contributed by atoms with van der Waals surface area (Å²) in [5.41, 5.74) is 0. The first-order valence-electron chi connectivity index (χ1n) is 4.29. The number of hydrogen-bond donors (Lipinski definition) is 1. The lowest BCUT2D eigenvalue weighted by Gasteiger charge is -2.29. The van der Waals surface area contributed by atoms with Crippen LogP contribution in [0.1, 0.15) is 12.8 Å². The molecule has 2 saturated heterocycles. The first-order chi connectivity index (χ1) is 4.88. The van der Waals surface area contributed by atoms with Gasteiger partial charge in [0.25, 0.3) is 0 Å². The van der Waals surface area contributed by atoms with Gasteiger partial charge in [0.15, 0.2) is 0 Å². The van der Waals surface area contributed by atoms with Crippen LogP contribution in [0.5, 0.6) is 0 Å². The molecule has 0 aliphatic carbocycles. The van der Waals surface area contributed by atoms with E-state index in [0.717, 1.165) is 12.0 Å². The van der Waals surface area contributed by atoms with Crippen molar-refractivity contribution in [2.24, 2.45) is 5.92 Å². The van der Waals surface area contributed by atoms with E-state index in [1.807, 2.05) is 0 Å². The number of fused-ring (bicyclic) bond motifs is 1. The highest BCUT2D eigenvalue weighted by Gasteiger charge is 2.32. The number of likely N-dealkylation sites (tertiary alicyclic amines) is 1. The van der Waals surface area contributed by atoms with Crippen molar-refractivity contribution in [3.63, 3.8) is 0 Å². The Balaban J connectivity index is 2.01. The van der Waals surface area contributed by atoms with E-state index in [1.165, 1.54) is 32.5 Å². The Hall–Kier alpha value is -0.0800. The maximum atomic E-state index is 3.44. The average molecular weight is 140 g/mol. The number of rotatable bonds is 0. The largest absolute Gasteiger partial charge is 0.315 e. The highest BCUT2D eigenvalue weighted by Crippen LogP contribution is 2.26. The summed E-state index contributed by atoms with van der Waals surface area (Å²) in [4.78, 5) is 2.50. The molecule has 0 saturated carbocycles. The highest BCUT2D eigenvalue weighted by molar-refractivity contribution is 4.89. The zero-order valence-electron chi connectivity index (χ0n) is 6.64. The van der Waals surface area contributed by atoms with Crippen LogP contribution in [0, 0.1) is 5.92 Å². The average Bonchev–Trinajstić information content (AvgIpc) is 2.34. The number of hydrogen-bond acceptors (Lipinski definition) is 2. The lowest BCUT2D eigenvalue weighted by molar-refractivity contribution is 0.229. The Morgan fingerprint density at radius 3 is 3.10 bits per heavy atom. The molecule has 58 valence electrons. The summed E-state index contributed by atoms with van der Waals surface area (Å²) in [7, 11) is 2.25. The van der Waals surface area contributed by atoms with E-state index in [2.05, 4.69) is 17.3 Å². The van der Waals surface area contributed by atoms with Gasteiger partial charge < -0.3 is 10.2 Å². The Bertz CT molecular complexity index is 122. The summed E-state index contributed by atoms with van der Waals surface area (Å²) in [5, 5.41) is 3.44. The molecular formula is C8H16N2. The van der Waals surface area contributed by atoms with Gasteiger partial charge in [0.05, 0.1) is 0 Å². The predicted octanol–water partition coefficient (Wildman–Crippen LogP) is 0.300. The molecule has 0 aromatic heterocycles. The maximum absolute atomic E-state index is 3.44. The van der Waals surface area contributed by atoms with Crippen LogP contribution in [0.3, 0.4) is 0 Å².